The Morgan fingerprint density at radius 1 is 1.00 bits per heavy atom. The van der Waals surface area contributed by atoms with Crippen molar-refractivity contribution in [2.45, 2.75) is 56.1 Å². The van der Waals surface area contributed by atoms with Gasteiger partial charge in [0.25, 0.3) is 0 Å². The molecule has 3 aliphatic heterocycles. The third-order valence-electron chi connectivity index (χ3n) is 5.23. The second-order valence-corrected chi connectivity index (χ2v) is 7.63. The molecule has 3 saturated heterocycles. The zero-order valence-corrected chi connectivity index (χ0v) is 12.6. The Morgan fingerprint density at radius 3 is 2.68 bits per heavy atom. The van der Waals surface area contributed by atoms with Gasteiger partial charge in [-0.15, -0.1) is 0 Å². The van der Waals surface area contributed by atoms with Crippen LogP contribution in [0.15, 0.2) is 0 Å². The zero-order valence-electron chi connectivity index (χ0n) is 11.7. The largest absolute Gasteiger partial charge is 0.390 e. The van der Waals surface area contributed by atoms with Crippen molar-refractivity contribution in [2.75, 3.05) is 31.3 Å². The van der Waals surface area contributed by atoms with Crippen molar-refractivity contribution < 1.29 is 14.6 Å². The van der Waals surface area contributed by atoms with E-state index >= 15 is 0 Å². The van der Waals surface area contributed by atoms with Gasteiger partial charge in [0.2, 0.25) is 0 Å². The van der Waals surface area contributed by atoms with Crippen molar-refractivity contribution in [3.8, 4) is 0 Å². The van der Waals surface area contributed by atoms with Gasteiger partial charge in [-0.1, -0.05) is 0 Å². The number of hydrogen-bond acceptors (Lipinski definition) is 4. The van der Waals surface area contributed by atoms with Crippen molar-refractivity contribution in [1.29, 1.82) is 0 Å². The Balaban J connectivity index is 1.69. The SMILES string of the molecule is OC1(C2CCOC3(CCSCC3)C2)CCCOCC1. The molecule has 3 nitrogen and oxygen atoms in total. The first-order chi connectivity index (χ1) is 9.23. The minimum absolute atomic E-state index is 0.0804. The van der Waals surface area contributed by atoms with Gasteiger partial charge in [0.05, 0.1) is 11.2 Å². The Labute approximate surface area is 120 Å². The van der Waals surface area contributed by atoms with Gasteiger partial charge in [0, 0.05) is 19.8 Å². The standard InChI is InChI=1S/C15H26O3S/c16-15(3-1-7-17-9-4-15)13-2-8-18-14(12-13)5-10-19-11-6-14/h13,16H,1-12H2. The molecule has 3 aliphatic rings. The summed E-state index contributed by atoms with van der Waals surface area (Å²) in [5.74, 6) is 2.84. The monoisotopic (exact) mass is 286 g/mol. The minimum Gasteiger partial charge on any atom is -0.390 e. The summed E-state index contributed by atoms with van der Waals surface area (Å²) in [5, 5.41) is 11.0. The molecule has 2 atom stereocenters. The van der Waals surface area contributed by atoms with E-state index in [0.29, 0.717) is 5.92 Å². The van der Waals surface area contributed by atoms with Crippen molar-refractivity contribution >= 4 is 11.8 Å². The summed E-state index contributed by atoms with van der Waals surface area (Å²) in [5.41, 5.74) is -0.422. The molecule has 3 fully saturated rings. The molecule has 3 rings (SSSR count). The normalized spacial score (nSPS) is 39.9. The fourth-order valence-electron chi connectivity index (χ4n) is 3.94. The van der Waals surface area contributed by atoms with Crippen LogP contribution < -0.4 is 0 Å². The van der Waals surface area contributed by atoms with Gasteiger partial charge in [-0.2, -0.15) is 11.8 Å². The van der Waals surface area contributed by atoms with E-state index in [1.54, 1.807) is 0 Å². The zero-order chi connectivity index (χ0) is 13.2. The first-order valence-corrected chi connectivity index (χ1v) is 8.90. The van der Waals surface area contributed by atoms with Crippen molar-refractivity contribution in [2.24, 2.45) is 5.92 Å². The third kappa shape index (κ3) is 3.12. The summed E-state index contributed by atoms with van der Waals surface area (Å²) in [6.07, 6.45) is 7.12. The molecule has 3 heterocycles. The maximum absolute atomic E-state index is 11.0. The Bertz CT molecular complexity index is 288. The quantitative estimate of drug-likeness (QED) is 0.804. The first kappa shape index (κ1) is 14.2. The van der Waals surface area contributed by atoms with Crippen LogP contribution in [0.1, 0.15) is 44.9 Å². The summed E-state index contributed by atoms with van der Waals surface area (Å²) in [7, 11) is 0. The number of ether oxygens (including phenoxy) is 2. The van der Waals surface area contributed by atoms with E-state index in [-0.39, 0.29) is 5.60 Å². The summed E-state index contributed by atoms with van der Waals surface area (Å²) < 4.78 is 11.7. The van der Waals surface area contributed by atoms with Gasteiger partial charge < -0.3 is 14.6 Å². The van der Waals surface area contributed by atoms with E-state index < -0.39 is 5.60 Å². The van der Waals surface area contributed by atoms with E-state index in [1.807, 2.05) is 11.8 Å². The van der Waals surface area contributed by atoms with Gasteiger partial charge in [-0.3, -0.25) is 0 Å². The molecule has 0 aromatic rings. The maximum Gasteiger partial charge on any atom is 0.0702 e. The maximum atomic E-state index is 11.0. The summed E-state index contributed by atoms with van der Waals surface area (Å²) in [6.45, 7) is 2.36. The van der Waals surface area contributed by atoms with E-state index in [9.17, 15) is 5.11 Å². The fourth-order valence-corrected chi connectivity index (χ4v) is 5.18. The van der Waals surface area contributed by atoms with Crippen molar-refractivity contribution in [3.63, 3.8) is 0 Å². The number of thioether (sulfide) groups is 1. The molecular weight excluding hydrogens is 260 g/mol. The number of aliphatic hydroxyl groups is 1. The minimum atomic E-state index is -0.502. The van der Waals surface area contributed by atoms with Gasteiger partial charge in [0.15, 0.2) is 0 Å². The predicted molar refractivity (Wildman–Crippen MR) is 77.6 cm³/mol. The first-order valence-electron chi connectivity index (χ1n) is 7.74. The molecule has 0 amide bonds. The van der Waals surface area contributed by atoms with Crippen LogP contribution in [0, 0.1) is 5.92 Å². The summed E-state index contributed by atoms with van der Waals surface area (Å²) >= 11 is 2.04. The molecule has 1 N–H and O–H groups in total. The number of rotatable bonds is 1. The highest BCUT2D eigenvalue weighted by Gasteiger charge is 2.46. The van der Waals surface area contributed by atoms with Gasteiger partial charge >= 0.3 is 0 Å². The smallest absolute Gasteiger partial charge is 0.0702 e. The van der Waals surface area contributed by atoms with Crippen LogP contribution in [0.5, 0.6) is 0 Å². The van der Waals surface area contributed by atoms with Crippen LogP contribution in [0.25, 0.3) is 0 Å². The van der Waals surface area contributed by atoms with Crippen LogP contribution in [0.2, 0.25) is 0 Å². The Morgan fingerprint density at radius 2 is 1.84 bits per heavy atom. The van der Waals surface area contributed by atoms with Crippen LogP contribution >= 0.6 is 11.8 Å². The van der Waals surface area contributed by atoms with Crippen molar-refractivity contribution in [1.82, 2.24) is 0 Å². The second kappa shape index (κ2) is 5.92. The number of hydrogen-bond donors (Lipinski definition) is 1. The van der Waals surface area contributed by atoms with E-state index in [1.165, 1.54) is 24.3 Å². The van der Waals surface area contributed by atoms with Crippen LogP contribution in [0.4, 0.5) is 0 Å². The molecule has 0 aromatic heterocycles. The molecule has 0 aliphatic carbocycles. The molecule has 2 unspecified atom stereocenters. The molecule has 1 spiro atoms. The lowest BCUT2D eigenvalue weighted by atomic mass is 9.71. The van der Waals surface area contributed by atoms with E-state index in [4.69, 9.17) is 9.47 Å². The summed E-state index contributed by atoms with van der Waals surface area (Å²) in [6, 6.07) is 0. The average molecular weight is 286 g/mol. The Kier molecular flexibility index (Phi) is 4.42. The molecule has 0 bridgehead atoms. The lowest BCUT2D eigenvalue weighted by molar-refractivity contribution is -0.150. The van der Waals surface area contributed by atoms with Crippen LogP contribution in [0.3, 0.4) is 0 Å². The predicted octanol–water partition coefficient (Wildman–Crippen LogP) is 2.61. The molecule has 0 saturated carbocycles. The second-order valence-electron chi connectivity index (χ2n) is 6.40. The van der Waals surface area contributed by atoms with Crippen LogP contribution in [-0.2, 0) is 9.47 Å². The highest BCUT2D eigenvalue weighted by Crippen LogP contribution is 2.45. The van der Waals surface area contributed by atoms with E-state index in [2.05, 4.69) is 0 Å². The lowest BCUT2D eigenvalue weighted by Crippen LogP contribution is -2.50. The van der Waals surface area contributed by atoms with Gasteiger partial charge in [-0.05, 0) is 62.4 Å². The van der Waals surface area contributed by atoms with Crippen LogP contribution in [-0.4, -0.2) is 47.6 Å². The highest BCUT2D eigenvalue weighted by atomic mass is 32.2. The molecule has 0 radical (unpaired) electrons. The van der Waals surface area contributed by atoms with Gasteiger partial charge in [-0.25, -0.2) is 0 Å². The fraction of sp³-hybridized carbons (Fsp3) is 1.00. The van der Waals surface area contributed by atoms with E-state index in [0.717, 1.165) is 51.9 Å². The molecule has 4 heteroatoms. The van der Waals surface area contributed by atoms with Gasteiger partial charge in [0.1, 0.15) is 0 Å². The molecule has 0 aromatic carbocycles. The average Bonchev–Trinajstić information content (AvgIpc) is 2.66. The molecule has 110 valence electrons. The topological polar surface area (TPSA) is 38.7 Å². The third-order valence-corrected chi connectivity index (χ3v) is 6.22. The Hall–Kier alpha value is 0.230. The molecular formula is C15H26O3S. The van der Waals surface area contributed by atoms with Crippen molar-refractivity contribution in [3.05, 3.63) is 0 Å². The summed E-state index contributed by atoms with van der Waals surface area (Å²) in [4.78, 5) is 0. The highest BCUT2D eigenvalue weighted by molar-refractivity contribution is 7.99. The molecule has 19 heavy (non-hydrogen) atoms. The lowest BCUT2D eigenvalue weighted by Gasteiger charge is -2.48.